The first-order valence-electron chi connectivity index (χ1n) is 20.8. The molecular formula is C47H59N3O7. The van der Waals surface area contributed by atoms with Gasteiger partial charge in [-0.05, 0) is 73.1 Å². The third kappa shape index (κ3) is 5.05. The van der Waals surface area contributed by atoms with Gasteiger partial charge >= 0.3 is 5.97 Å². The van der Waals surface area contributed by atoms with E-state index < -0.39 is 80.1 Å². The van der Waals surface area contributed by atoms with Crippen LogP contribution in [0, 0.1) is 50.7 Å². The fourth-order valence-corrected chi connectivity index (χ4v) is 14.5. The molecule has 3 fully saturated rings. The number of allylic oxidation sites excluding steroid dienone is 2. The number of carboxylic acid groups (broad SMARTS) is 1. The van der Waals surface area contributed by atoms with E-state index in [1.807, 2.05) is 63.3 Å². The summed E-state index contributed by atoms with van der Waals surface area (Å²) >= 11 is 0. The number of Topliss-reactive ketones (excluding diaryl/α,β-unsaturated/α-hetero) is 2. The zero-order valence-electron chi connectivity index (χ0n) is 33.9. The predicted octanol–water partition coefficient (Wildman–Crippen LogP) is 5.83. The number of aliphatic carboxylic acids is 1. The summed E-state index contributed by atoms with van der Waals surface area (Å²) in [4.78, 5) is 46.3. The molecule has 0 aliphatic heterocycles. The first kappa shape index (κ1) is 39.7. The zero-order valence-corrected chi connectivity index (χ0v) is 33.9. The number of aliphatic hydroxyl groups is 3. The second-order valence-corrected chi connectivity index (χ2v) is 19.4. The number of aliphatic imine (C=N–C) groups is 1. The molecular weight excluding hydrogens is 719 g/mol. The van der Waals surface area contributed by atoms with Crippen LogP contribution < -0.4 is 11.5 Å². The van der Waals surface area contributed by atoms with Crippen molar-refractivity contribution in [2.45, 2.75) is 116 Å². The van der Waals surface area contributed by atoms with Gasteiger partial charge in [0.05, 0.1) is 17.7 Å². The number of fused-ring (bicyclic) bond motifs is 1. The van der Waals surface area contributed by atoms with Crippen molar-refractivity contribution in [3.63, 3.8) is 0 Å². The lowest BCUT2D eigenvalue weighted by Crippen LogP contribution is -2.71. The van der Waals surface area contributed by atoms with Crippen molar-refractivity contribution in [2.75, 3.05) is 0 Å². The molecule has 0 amide bonds. The highest BCUT2D eigenvalue weighted by Gasteiger charge is 2.83. The van der Waals surface area contributed by atoms with E-state index in [1.54, 1.807) is 12.2 Å². The molecule has 8 rings (SSSR count). The summed E-state index contributed by atoms with van der Waals surface area (Å²) < 4.78 is 0. The molecule has 1 aromatic rings. The average molecular weight is 778 g/mol. The Morgan fingerprint density at radius 2 is 1.68 bits per heavy atom. The van der Waals surface area contributed by atoms with E-state index in [2.05, 4.69) is 24.1 Å². The Balaban J connectivity index is 1.43. The van der Waals surface area contributed by atoms with Gasteiger partial charge in [0.15, 0.2) is 11.7 Å². The van der Waals surface area contributed by atoms with E-state index in [-0.39, 0.29) is 35.9 Å². The van der Waals surface area contributed by atoms with Gasteiger partial charge in [-0.2, -0.15) is 0 Å². The maximum absolute atomic E-state index is 15.7. The Hall–Kier alpha value is -4.12. The molecule has 0 aromatic heterocycles. The molecule has 0 saturated heterocycles. The lowest BCUT2D eigenvalue weighted by atomic mass is 9.33. The second-order valence-electron chi connectivity index (χ2n) is 19.4. The molecule has 7 aliphatic rings. The Bertz CT molecular complexity index is 2100. The summed E-state index contributed by atoms with van der Waals surface area (Å²) in [6.45, 7) is 9.52. The molecule has 1 aromatic carbocycles. The molecule has 7 aliphatic carbocycles. The van der Waals surface area contributed by atoms with E-state index in [0.717, 1.165) is 24.8 Å². The van der Waals surface area contributed by atoms with Crippen LogP contribution in [0.25, 0.3) is 6.08 Å². The topological polar surface area (TPSA) is 197 Å². The minimum Gasteiger partial charge on any atom is -0.478 e. The SMILES string of the molecule is CC(=CC(O)C1C(N=C(N)N)C=CC2(CC3(O)C=CC4(O)C5=C6C(=O)CC2(CCCCCC62CCC(=O)C(C)(C)C2C4C=Cc2ccccc2)C53C)C1C)C(=O)O. The van der Waals surface area contributed by atoms with E-state index in [1.165, 1.54) is 13.0 Å². The summed E-state index contributed by atoms with van der Waals surface area (Å²) in [7, 11) is 0. The monoisotopic (exact) mass is 777 g/mol. The number of carboxylic acids is 1. The van der Waals surface area contributed by atoms with Crippen LogP contribution in [0.5, 0.6) is 0 Å². The third-order valence-electron chi connectivity index (χ3n) is 16.9. The molecule has 0 heterocycles. The standard InChI is InChI=1S/C47H59N3O7/c1-27(39(54)55)24-32(51)35-28(2)44(21-16-31(35)50-40(48)49)26-46(56)22-23-47(57)30(15-14-29-12-8-6-9-13-29)37-41(3,4)34(53)17-20-43(37)18-10-7-11-19-45(44)25-33(52)36(43)38(47)42(45,46)5/h6,8-9,12-16,21-24,28,30-32,35,37,51,56-57H,7,10-11,17-20,25-26H2,1-5H3,(H,54,55)(H4,48,49,50). The molecule has 3 saturated carbocycles. The maximum Gasteiger partial charge on any atom is 0.331 e. The van der Waals surface area contributed by atoms with Crippen molar-refractivity contribution in [2.24, 2.45) is 67.2 Å². The van der Waals surface area contributed by atoms with Crippen molar-refractivity contribution in [1.29, 1.82) is 0 Å². The largest absolute Gasteiger partial charge is 0.478 e. The van der Waals surface area contributed by atoms with Crippen LogP contribution in [0.3, 0.4) is 0 Å². The summed E-state index contributed by atoms with van der Waals surface area (Å²) in [6, 6.07) is 9.19. The smallest absolute Gasteiger partial charge is 0.331 e. The average Bonchev–Trinajstić information content (AvgIpc) is 3.31. The number of carbonyl (C=O) groups is 3. The number of guanidine groups is 1. The molecule has 0 radical (unpaired) electrons. The fraction of sp³-hybridized carbons (Fsp3) is 0.574. The molecule has 57 heavy (non-hydrogen) atoms. The van der Waals surface area contributed by atoms with Crippen molar-refractivity contribution in [3.05, 3.63) is 89.1 Å². The number of hydrogen-bond acceptors (Lipinski definition) is 7. The van der Waals surface area contributed by atoms with Gasteiger partial charge in [0.1, 0.15) is 11.4 Å². The third-order valence-corrected chi connectivity index (χ3v) is 16.9. The predicted molar refractivity (Wildman–Crippen MR) is 218 cm³/mol. The lowest BCUT2D eigenvalue weighted by Gasteiger charge is -2.70. The number of aliphatic hydroxyl groups excluding tert-OH is 1. The van der Waals surface area contributed by atoms with Gasteiger partial charge < -0.3 is 31.9 Å². The van der Waals surface area contributed by atoms with E-state index in [9.17, 15) is 30.0 Å². The molecule has 8 N–H and O–H groups in total. The zero-order chi connectivity index (χ0) is 41.1. The van der Waals surface area contributed by atoms with Crippen molar-refractivity contribution < 1.29 is 34.8 Å². The number of hydrogen-bond donors (Lipinski definition) is 6. The Labute approximate surface area is 335 Å². The highest BCUT2D eigenvalue weighted by atomic mass is 16.4. The van der Waals surface area contributed by atoms with Crippen molar-refractivity contribution in [1.82, 2.24) is 0 Å². The van der Waals surface area contributed by atoms with Gasteiger partial charge in [0.2, 0.25) is 0 Å². The molecule has 10 heteroatoms. The molecule has 304 valence electrons. The van der Waals surface area contributed by atoms with Crippen molar-refractivity contribution >= 4 is 29.6 Å². The van der Waals surface area contributed by atoms with Crippen LogP contribution in [0.2, 0.25) is 0 Å². The van der Waals surface area contributed by atoms with Gasteiger partial charge in [-0.3, -0.25) is 9.59 Å². The molecule has 12 unspecified atom stereocenters. The minimum absolute atomic E-state index is 0.0227. The minimum atomic E-state index is -1.71. The van der Waals surface area contributed by atoms with Gasteiger partial charge in [-0.1, -0.05) is 108 Å². The number of nitrogens with two attached hydrogens (primary N) is 2. The maximum atomic E-state index is 15.7. The molecule has 10 nitrogen and oxygen atoms in total. The molecule has 2 bridgehead atoms. The fourth-order valence-electron chi connectivity index (χ4n) is 14.5. The van der Waals surface area contributed by atoms with Crippen LogP contribution in [0.4, 0.5) is 0 Å². The van der Waals surface area contributed by atoms with Crippen molar-refractivity contribution in [3.8, 4) is 0 Å². The van der Waals surface area contributed by atoms with Crippen LogP contribution in [-0.2, 0) is 14.4 Å². The van der Waals surface area contributed by atoms with E-state index >= 15 is 4.79 Å². The van der Waals surface area contributed by atoms with Crippen LogP contribution >= 0.6 is 0 Å². The Kier molecular flexibility index (Phi) is 9.01. The first-order valence-corrected chi connectivity index (χ1v) is 20.8. The van der Waals surface area contributed by atoms with Crippen LogP contribution in [0.1, 0.15) is 98.0 Å². The first-order chi connectivity index (χ1) is 26.8. The van der Waals surface area contributed by atoms with Crippen LogP contribution in [0.15, 0.2) is 88.5 Å². The number of carbonyl (C=O) groups excluding carboxylic acids is 2. The summed E-state index contributed by atoms with van der Waals surface area (Å²) in [5.41, 5.74) is 6.23. The Morgan fingerprint density at radius 3 is 2.37 bits per heavy atom. The van der Waals surface area contributed by atoms with Gasteiger partial charge in [-0.25, -0.2) is 9.79 Å². The number of rotatable bonds is 6. The molecule has 3 spiro atoms. The summed E-state index contributed by atoms with van der Waals surface area (Å²) in [6.07, 6.45) is 16.6. The Morgan fingerprint density at radius 1 is 0.982 bits per heavy atom. The lowest BCUT2D eigenvalue weighted by molar-refractivity contribution is -0.171. The van der Waals surface area contributed by atoms with Gasteiger partial charge in [0, 0.05) is 57.5 Å². The number of ketones is 2. The van der Waals surface area contributed by atoms with E-state index in [4.69, 9.17) is 11.5 Å². The van der Waals surface area contributed by atoms with E-state index in [0.29, 0.717) is 36.8 Å². The summed E-state index contributed by atoms with van der Waals surface area (Å²) in [5.74, 6) is -3.41. The highest BCUT2D eigenvalue weighted by molar-refractivity contribution is 6.02. The molecule has 12 atom stereocenters. The summed E-state index contributed by atoms with van der Waals surface area (Å²) in [5, 5.41) is 49.1. The van der Waals surface area contributed by atoms with Gasteiger partial charge in [-0.15, -0.1) is 0 Å². The highest BCUT2D eigenvalue weighted by Crippen LogP contribution is 2.83. The normalized spacial score (nSPS) is 43.6. The van der Waals surface area contributed by atoms with Gasteiger partial charge in [0.25, 0.3) is 0 Å². The number of nitrogens with zero attached hydrogens (tertiary/aromatic N) is 1. The number of benzene rings is 1. The quantitative estimate of drug-likeness (QED) is 0.0892. The second kappa shape index (κ2) is 12.9. The van der Waals surface area contributed by atoms with Crippen LogP contribution in [-0.4, -0.2) is 67.3 Å².